The number of rotatable bonds is 9. The Bertz CT molecular complexity index is 539. The summed E-state index contributed by atoms with van der Waals surface area (Å²) in [6.45, 7) is 5.67. The number of urea groups is 1. The van der Waals surface area contributed by atoms with Gasteiger partial charge in [0.05, 0.1) is 13.2 Å². The predicted molar refractivity (Wildman–Crippen MR) is 90.9 cm³/mol. The third kappa shape index (κ3) is 6.22. The summed E-state index contributed by atoms with van der Waals surface area (Å²) in [6.07, 6.45) is 6.99. The minimum Gasteiger partial charge on any atom is -0.490 e. The maximum Gasteiger partial charge on any atom is 0.318 e. The summed E-state index contributed by atoms with van der Waals surface area (Å²) in [5, 5.41) is 5.57. The van der Waals surface area contributed by atoms with Gasteiger partial charge in [0.25, 0.3) is 0 Å². The Labute approximate surface area is 138 Å². The molecule has 0 saturated heterocycles. The van der Waals surface area contributed by atoms with Crippen LogP contribution in [0.1, 0.15) is 32.3 Å². The summed E-state index contributed by atoms with van der Waals surface area (Å²) in [4.78, 5) is 11.6. The molecule has 2 amide bonds. The number of hydrogen-bond acceptors (Lipinski definition) is 3. The van der Waals surface area contributed by atoms with Crippen LogP contribution in [0.5, 0.6) is 11.5 Å². The second-order valence-corrected chi connectivity index (χ2v) is 5.49. The fourth-order valence-corrected chi connectivity index (χ4v) is 2.17. The van der Waals surface area contributed by atoms with Gasteiger partial charge in [0, 0.05) is 12.7 Å². The van der Waals surface area contributed by atoms with Gasteiger partial charge < -0.3 is 20.1 Å². The second-order valence-electron chi connectivity index (χ2n) is 5.49. The van der Waals surface area contributed by atoms with Gasteiger partial charge >= 0.3 is 6.03 Å². The van der Waals surface area contributed by atoms with Gasteiger partial charge in [-0.1, -0.05) is 12.1 Å². The van der Waals surface area contributed by atoms with Crippen molar-refractivity contribution in [3.05, 3.63) is 36.0 Å². The van der Waals surface area contributed by atoms with Crippen molar-refractivity contribution in [2.45, 2.75) is 33.1 Å². The topological polar surface area (TPSA) is 59.6 Å². The minimum atomic E-state index is -0.169. The van der Waals surface area contributed by atoms with Crippen LogP contribution >= 0.6 is 0 Å². The van der Waals surface area contributed by atoms with E-state index in [0.717, 1.165) is 23.5 Å². The molecule has 0 unspecified atom stereocenters. The van der Waals surface area contributed by atoms with E-state index in [0.29, 0.717) is 25.7 Å². The molecule has 1 aliphatic rings. The lowest BCUT2D eigenvalue weighted by atomic mass is 10.1. The average Bonchev–Trinajstić information content (AvgIpc) is 3.34. The highest BCUT2D eigenvalue weighted by molar-refractivity contribution is 5.74. The lowest BCUT2D eigenvalue weighted by Crippen LogP contribution is -2.33. The maximum atomic E-state index is 11.6. The zero-order valence-electron chi connectivity index (χ0n) is 13.9. The van der Waals surface area contributed by atoms with E-state index in [9.17, 15) is 4.79 Å². The molecule has 5 nitrogen and oxygen atoms in total. The Kier molecular flexibility index (Phi) is 6.78. The molecule has 5 heteroatoms. The third-order valence-electron chi connectivity index (χ3n) is 3.51. The predicted octanol–water partition coefficient (Wildman–Crippen LogP) is 3.25. The molecule has 126 valence electrons. The molecule has 0 bridgehead atoms. The fourth-order valence-electron chi connectivity index (χ4n) is 2.17. The molecule has 1 aromatic rings. The van der Waals surface area contributed by atoms with Crippen molar-refractivity contribution in [1.29, 1.82) is 0 Å². The van der Waals surface area contributed by atoms with Crippen LogP contribution in [0.2, 0.25) is 0 Å². The highest BCUT2D eigenvalue weighted by Crippen LogP contribution is 2.29. The molecular formula is C18H26N2O3. The van der Waals surface area contributed by atoms with E-state index in [1.807, 2.05) is 38.1 Å². The number of nitrogens with one attached hydrogen (secondary N) is 2. The van der Waals surface area contributed by atoms with Crippen molar-refractivity contribution in [1.82, 2.24) is 10.6 Å². The summed E-state index contributed by atoms with van der Waals surface area (Å²) in [6, 6.07) is 5.72. The van der Waals surface area contributed by atoms with Crippen LogP contribution in [0.3, 0.4) is 0 Å². The smallest absolute Gasteiger partial charge is 0.318 e. The molecule has 0 radical (unpaired) electrons. The van der Waals surface area contributed by atoms with Crippen LogP contribution < -0.4 is 20.1 Å². The highest BCUT2D eigenvalue weighted by Gasteiger charge is 2.17. The van der Waals surface area contributed by atoms with Crippen molar-refractivity contribution in [3.63, 3.8) is 0 Å². The van der Waals surface area contributed by atoms with E-state index in [2.05, 4.69) is 10.6 Å². The molecule has 0 aliphatic heterocycles. The van der Waals surface area contributed by atoms with Crippen LogP contribution in [0.25, 0.3) is 0 Å². The summed E-state index contributed by atoms with van der Waals surface area (Å²) in [5.41, 5.74) is 1.10. The van der Waals surface area contributed by atoms with Gasteiger partial charge in [-0.3, -0.25) is 0 Å². The number of amides is 2. The van der Waals surface area contributed by atoms with E-state index >= 15 is 0 Å². The Balaban J connectivity index is 1.77. The molecule has 2 rings (SSSR count). The zero-order valence-corrected chi connectivity index (χ0v) is 13.9. The molecule has 1 saturated carbocycles. The first kappa shape index (κ1) is 17.2. The third-order valence-corrected chi connectivity index (χ3v) is 3.51. The molecule has 1 aliphatic carbocycles. The number of benzene rings is 1. The van der Waals surface area contributed by atoms with E-state index in [1.54, 1.807) is 6.20 Å². The van der Waals surface area contributed by atoms with Crippen molar-refractivity contribution < 1.29 is 14.3 Å². The van der Waals surface area contributed by atoms with Gasteiger partial charge in [0.15, 0.2) is 11.5 Å². The number of carbonyl (C=O) groups is 1. The van der Waals surface area contributed by atoms with Crippen LogP contribution in [0.15, 0.2) is 30.5 Å². The maximum absolute atomic E-state index is 11.6. The van der Waals surface area contributed by atoms with Crippen LogP contribution in [-0.2, 0) is 6.42 Å². The lowest BCUT2D eigenvalue weighted by Gasteiger charge is -2.12. The number of carbonyl (C=O) groups excluding carboxylic acids is 1. The lowest BCUT2D eigenvalue weighted by molar-refractivity contribution is 0.244. The standard InChI is InChI=1S/C18H26N2O3/c1-3-22-16-8-7-15(13-17(16)23-4-2)10-12-20-18(21)19-11-9-14-5-6-14/h7-9,11,13-14H,3-6,10,12H2,1-2H3,(H2,19,20,21)/b11-9+. The highest BCUT2D eigenvalue weighted by atomic mass is 16.5. The second kappa shape index (κ2) is 9.08. The molecule has 23 heavy (non-hydrogen) atoms. The summed E-state index contributed by atoms with van der Waals surface area (Å²) < 4.78 is 11.1. The Morgan fingerprint density at radius 1 is 1.22 bits per heavy atom. The van der Waals surface area contributed by atoms with Crippen molar-refractivity contribution >= 4 is 6.03 Å². The molecule has 0 heterocycles. The Morgan fingerprint density at radius 3 is 2.65 bits per heavy atom. The molecule has 0 aromatic heterocycles. The Hall–Kier alpha value is -2.17. The van der Waals surface area contributed by atoms with Crippen molar-refractivity contribution in [2.24, 2.45) is 5.92 Å². The quantitative estimate of drug-likeness (QED) is 0.735. The number of ether oxygens (including phenoxy) is 2. The molecular weight excluding hydrogens is 292 g/mol. The monoisotopic (exact) mass is 318 g/mol. The van der Waals surface area contributed by atoms with Gasteiger partial charge in [-0.25, -0.2) is 4.79 Å². The molecule has 1 fully saturated rings. The first-order valence-electron chi connectivity index (χ1n) is 8.32. The van der Waals surface area contributed by atoms with Crippen LogP contribution in [0.4, 0.5) is 4.79 Å². The van der Waals surface area contributed by atoms with Crippen molar-refractivity contribution in [2.75, 3.05) is 19.8 Å². The fraction of sp³-hybridized carbons (Fsp3) is 0.500. The van der Waals surface area contributed by atoms with E-state index in [1.165, 1.54) is 12.8 Å². The minimum absolute atomic E-state index is 0.169. The van der Waals surface area contributed by atoms with Crippen LogP contribution in [0, 0.1) is 5.92 Å². The number of hydrogen-bond donors (Lipinski definition) is 2. The number of allylic oxidation sites excluding steroid dienone is 1. The van der Waals surface area contributed by atoms with Crippen LogP contribution in [-0.4, -0.2) is 25.8 Å². The van der Waals surface area contributed by atoms with Gasteiger partial charge in [0.2, 0.25) is 0 Å². The van der Waals surface area contributed by atoms with Gasteiger partial charge in [-0.05, 0) is 56.7 Å². The SMILES string of the molecule is CCOc1ccc(CCNC(=O)N/C=C/C2CC2)cc1OCC. The van der Waals surface area contributed by atoms with Gasteiger partial charge in [-0.2, -0.15) is 0 Å². The first-order chi connectivity index (χ1) is 11.2. The van der Waals surface area contributed by atoms with Gasteiger partial charge in [0.1, 0.15) is 0 Å². The van der Waals surface area contributed by atoms with E-state index in [4.69, 9.17) is 9.47 Å². The van der Waals surface area contributed by atoms with Crippen molar-refractivity contribution in [3.8, 4) is 11.5 Å². The Morgan fingerprint density at radius 2 is 1.96 bits per heavy atom. The summed E-state index contributed by atoms with van der Waals surface area (Å²) in [5.74, 6) is 2.17. The molecule has 0 atom stereocenters. The molecule has 0 spiro atoms. The molecule has 2 N–H and O–H groups in total. The first-order valence-corrected chi connectivity index (χ1v) is 8.32. The molecule has 1 aromatic carbocycles. The normalized spacial score (nSPS) is 13.8. The zero-order chi connectivity index (χ0) is 16.5. The van der Waals surface area contributed by atoms with E-state index < -0.39 is 0 Å². The van der Waals surface area contributed by atoms with E-state index in [-0.39, 0.29) is 6.03 Å². The summed E-state index contributed by atoms with van der Waals surface area (Å²) >= 11 is 0. The largest absolute Gasteiger partial charge is 0.490 e. The summed E-state index contributed by atoms with van der Waals surface area (Å²) in [7, 11) is 0. The van der Waals surface area contributed by atoms with Gasteiger partial charge in [-0.15, -0.1) is 0 Å². The average molecular weight is 318 g/mol.